The molecule has 3 aromatic rings. The van der Waals surface area contributed by atoms with Crippen molar-refractivity contribution in [1.82, 2.24) is 14.9 Å². The predicted octanol–water partition coefficient (Wildman–Crippen LogP) is 3.45. The first-order valence-corrected chi connectivity index (χ1v) is 8.09. The highest BCUT2D eigenvalue weighted by Crippen LogP contribution is 2.29. The van der Waals surface area contributed by atoms with Gasteiger partial charge in [0.1, 0.15) is 19.3 Å². The molecule has 0 saturated carbocycles. The maximum absolute atomic E-state index is 5.93. The normalized spacial score (nSPS) is 11.0. The van der Waals surface area contributed by atoms with E-state index in [2.05, 4.69) is 46.5 Å². The predicted molar refractivity (Wildman–Crippen MR) is 96.1 cm³/mol. The molecule has 0 aliphatic carbocycles. The molecular weight excluding hydrogens is 316 g/mol. The third-order valence-corrected chi connectivity index (χ3v) is 3.53. The lowest BCUT2D eigenvalue weighted by Crippen LogP contribution is -2.00. The van der Waals surface area contributed by atoms with Gasteiger partial charge in [0.05, 0.1) is 12.8 Å². The Hall–Kier alpha value is -3.15. The van der Waals surface area contributed by atoms with Crippen LogP contribution < -0.4 is 9.47 Å². The summed E-state index contributed by atoms with van der Waals surface area (Å²) in [6.45, 7) is 5.07. The number of rotatable bonds is 7. The van der Waals surface area contributed by atoms with Crippen LogP contribution in [0.1, 0.15) is 23.6 Å². The lowest BCUT2D eigenvalue weighted by Gasteiger charge is -2.12. The average molecular weight is 336 g/mol. The molecule has 1 heterocycles. The van der Waals surface area contributed by atoms with Crippen LogP contribution in [0.5, 0.6) is 11.5 Å². The van der Waals surface area contributed by atoms with Crippen molar-refractivity contribution in [3.8, 4) is 11.5 Å². The maximum atomic E-state index is 5.93. The second-order valence-corrected chi connectivity index (χ2v) is 5.50. The highest BCUT2D eigenvalue weighted by Gasteiger charge is 2.06. The standard InChI is InChI=1S/C19H20N4O2/c1-3-24-19-10-17(11-22-23-13-20-21-14-23)8-9-18(19)25-12-16-6-4-15(2)5-7-16/h4-11,13-14H,3,12H2,1-2H3/b22-11+. The van der Waals surface area contributed by atoms with Crippen LogP contribution in [0.3, 0.4) is 0 Å². The first-order valence-electron chi connectivity index (χ1n) is 8.09. The van der Waals surface area contributed by atoms with Gasteiger partial charge in [0.2, 0.25) is 0 Å². The summed E-state index contributed by atoms with van der Waals surface area (Å²) in [4.78, 5) is 0. The fourth-order valence-electron chi connectivity index (χ4n) is 2.23. The van der Waals surface area contributed by atoms with Gasteiger partial charge in [-0.05, 0) is 43.2 Å². The molecule has 128 valence electrons. The molecule has 0 bridgehead atoms. The zero-order chi connectivity index (χ0) is 17.5. The number of ether oxygens (including phenoxy) is 2. The van der Waals surface area contributed by atoms with Gasteiger partial charge in [-0.15, -0.1) is 10.2 Å². The second-order valence-electron chi connectivity index (χ2n) is 5.50. The summed E-state index contributed by atoms with van der Waals surface area (Å²) in [6.07, 6.45) is 4.77. The first-order chi connectivity index (χ1) is 12.2. The van der Waals surface area contributed by atoms with Crippen molar-refractivity contribution in [2.45, 2.75) is 20.5 Å². The molecule has 2 aromatic carbocycles. The highest BCUT2D eigenvalue weighted by molar-refractivity contribution is 5.80. The van der Waals surface area contributed by atoms with E-state index in [1.807, 2.05) is 25.1 Å². The molecule has 25 heavy (non-hydrogen) atoms. The summed E-state index contributed by atoms with van der Waals surface area (Å²) < 4.78 is 13.2. The van der Waals surface area contributed by atoms with Gasteiger partial charge in [-0.25, -0.2) is 4.68 Å². The van der Waals surface area contributed by atoms with Crippen molar-refractivity contribution < 1.29 is 9.47 Å². The summed E-state index contributed by atoms with van der Waals surface area (Å²) in [5.74, 6) is 1.41. The van der Waals surface area contributed by atoms with Crippen LogP contribution in [0.2, 0.25) is 0 Å². The molecule has 0 radical (unpaired) electrons. The lowest BCUT2D eigenvalue weighted by molar-refractivity contribution is 0.269. The average Bonchev–Trinajstić information content (AvgIpc) is 3.14. The molecule has 0 atom stereocenters. The van der Waals surface area contributed by atoms with E-state index in [0.717, 1.165) is 11.1 Å². The molecule has 6 heteroatoms. The topological polar surface area (TPSA) is 61.5 Å². The monoisotopic (exact) mass is 336 g/mol. The Labute approximate surface area is 146 Å². The van der Waals surface area contributed by atoms with E-state index < -0.39 is 0 Å². The molecule has 1 aromatic heterocycles. The summed E-state index contributed by atoms with van der Waals surface area (Å²) >= 11 is 0. The van der Waals surface area contributed by atoms with Crippen molar-refractivity contribution in [1.29, 1.82) is 0 Å². The van der Waals surface area contributed by atoms with Crippen LogP contribution in [0.15, 0.2) is 60.2 Å². The smallest absolute Gasteiger partial charge is 0.161 e. The molecule has 0 spiro atoms. The van der Waals surface area contributed by atoms with Crippen LogP contribution in [-0.2, 0) is 6.61 Å². The molecule has 0 fully saturated rings. The number of hydrogen-bond donors (Lipinski definition) is 0. The van der Waals surface area contributed by atoms with Gasteiger partial charge in [-0.3, -0.25) is 0 Å². The molecule has 0 aliphatic rings. The number of nitrogens with zero attached hydrogens (tertiary/aromatic N) is 4. The second kappa shape index (κ2) is 8.10. The largest absolute Gasteiger partial charge is 0.490 e. The quantitative estimate of drug-likeness (QED) is 0.620. The van der Waals surface area contributed by atoms with Crippen LogP contribution >= 0.6 is 0 Å². The van der Waals surface area contributed by atoms with E-state index in [4.69, 9.17) is 9.47 Å². The number of aryl methyl sites for hydroxylation is 1. The fourth-order valence-corrected chi connectivity index (χ4v) is 2.23. The SMILES string of the molecule is CCOc1cc(/C=N/n2cnnc2)ccc1OCc1ccc(C)cc1. The lowest BCUT2D eigenvalue weighted by atomic mass is 10.2. The highest BCUT2D eigenvalue weighted by atomic mass is 16.5. The van der Waals surface area contributed by atoms with Gasteiger partial charge in [0.15, 0.2) is 11.5 Å². The third kappa shape index (κ3) is 4.67. The number of benzene rings is 2. The summed E-state index contributed by atoms with van der Waals surface area (Å²) in [6, 6.07) is 14.0. The summed E-state index contributed by atoms with van der Waals surface area (Å²) in [5.41, 5.74) is 3.25. The van der Waals surface area contributed by atoms with Crippen molar-refractivity contribution in [3.63, 3.8) is 0 Å². The minimum Gasteiger partial charge on any atom is -0.490 e. The van der Waals surface area contributed by atoms with Crippen molar-refractivity contribution in [2.24, 2.45) is 5.10 Å². The van der Waals surface area contributed by atoms with Gasteiger partial charge in [0.25, 0.3) is 0 Å². The van der Waals surface area contributed by atoms with Crippen molar-refractivity contribution >= 4 is 6.21 Å². The minimum atomic E-state index is 0.495. The van der Waals surface area contributed by atoms with Crippen LogP contribution in [-0.4, -0.2) is 27.7 Å². The molecule has 0 saturated heterocycles. The van der Waals surface area contributed by atoms with Crippen LogP contribution in [0.25, 0.3) is 0 Å². The summed E-state index contributed by atoms with van der Waals surface area (Å²) in [5, 5.41) is 11.7. The van der Waals surface area contributed by atoms with E-state index in [1.54, 1.807) is 6.21 Å². The van der Waals surface area contributed by atoms with E-state index in [0.29, 0.717) is 24.7 Å². The molecule has 0 unspecified atom stereocenters. The molecule has 6 nitrogen and oxygen atoms in total. The Morgan fingerprint density at radius 2 is 1.76 bits per heavy atom. The van der Waals surface area contributed by atoms with Crippen LogP contribution in [0, 0.1) is 6.92 Å². The minimum absolute atomic E-state index is 0.495. The van der Waals surface area contributed by atoms with Gasteiger partial charge in [0, 0.05) is 0 Å². The van der Waals surface area contributed by atoms with Gasteiger partial charge < -0.3 is 9.47 Å². The first kappa shape index (κ1) is 16.7. The Morgan fingerprint density at radius 1 is 1.00 bits per heavy atom. The Bertz CT molecular complexity index is 827. The summed E-state index contributed by atoms with van der Waals surface area (Å²) in [7, 11) is 0. The maximum Gasteiger partial charge on any atom is 0.161 e. The van der Waals surface area contributed by atoms with Gasteiger partial charge in [-0.1, -0.05) is 29.8 Å². The number of aromatic nitrogens is 3. The molecule has 0 aliphatic heterocycles. The van der Waals surface area contributed by atoms with Gasteiger partial charge >= 0.3 is 0 Å². The van der Waals surface area contributed by atoms with E-state index in [-0.39, 0.29) is 0 Å². The molecule has 0 amide bonds. The van der Waals surface area contributed by atoms with Gasteiger partial charge in [-0.2, -0.15) is 5.10 Å². The number of hydrogen-bond acceptors (Lipinski definition) is 5. The Balaban J connectivity index is 1.73. The third-order valence-electron chi connectivity index (χ3n) is 3.53. The molecule has 0 N–H and O–H groups in total. The zero-order valence-electron chi connectivity index (χ0n) is 14.3. The fraction of sp³-hybridized carbons (Fsp3) is 0.211. The van der Waals surface area contributed by atoms with Crippen LogP contribution in [0.4, 0.5) is 0 Å². The van der Waals surface area contributed by atoms with E-state index >= 15 is 0 Å². The van der Waals surface area contributed by atoms with Crippen molar-refractivity contribution in [3.05, 3.63) is 71.8 Å². The Morgan fingerprint density at radius 3 is 2.48 bits per heavy atom. The molecular formula is C19H20N4O2. The molecule has 3 rings (SSSR count). The van der Waals surface area contributed by atoms with E-state index in [1.165, 1.54) is 22.9 Å². The Kier molecular flexibility index (Phi) is 5.41. The van der Waals surface area contributed by atoms with Crippen molar-refractivity contribution in [2.75, 3.05) is 6.61 Å². The van der Waals surface area contributed by atoms with E-state index in [9.17, 15) is 0 Å². The zero-order valence-corrected chi connectivity index (χ0v) is 14.3.